The summed E-state index contributed by atoms with van der Waals surface area (Å²) in [6, 6.07) is 10.4. The van der Waals surface area contributed by atoms with Gasteiger partial charge in [-0.2, -0.15) is 0 Å². The molecule has 22 heavy (non-hydrogen) atoms. The lowest BCUT2D eigenvalue weighted by Crippen LogP contribution is -2.45. The lowest BCUT2D eigenvalue weighted by molar-refractivity contribution is -0.125. The Bertz CT molecular complexity index is 392. The van der Waals surface area contributed by atoms with Crippen LogP contribution in [-0.4, -0.2) is 32.6 Å². The fraction of sp³-hybridized carbons (Fsp3) is 0.632. The summed E-state index contributed by atoms with van der Waals surface area (Å²) in [6.07, 6.45) is 3.23. The largest absolute Gasteiger partial charge is 0.388 e. The van der Waals surface area contributed by atoms with Crippen molar-refractivity contribution in [1.82, 2.24) is 0 Å². The average molecular weight is 307 g/mol. The summed E-state index contributed by atoms with van der Waals surface area (Å²) in [5.74, 6) is 0.647. The highest BCUT2D eigenvalue weighted by Crippen LogP contribution is 2.27. The van der Waals surface area contributed by atoms with Crippen LogP contribution in [0.1, 0.15) is 47.0 Å². The zero-order chi connectivity index (χ0) is 17.0. The minimum atomic E-state index is 0.0890. The van der Waals surface area contributed by atoms with Crippen molar-refractivity contribution in [2.75, 3.05) is 25.7 Å². The molecule has 2 rings (SSSR count). The van der Waals surface area contributed by atoms with E-state index in [0.717, 1.165) is 19.4 Å². The highest BCUT2D eigenvalue weighted by Gasteiger charge is 2.32. The van der Waals surface area contributed by atoms with Gasteiger partial charge < -0.3 is 9.64 Å². The van der Waals surface area contributed by atoms with Gasteiger partial charge in [0.1, 0.15) is 0 Å². The molecular formula is C19H33NO2. The minimum absolute atomic E-state index is 0.0890. The average Bonchev–Trinajstić information content (AvgIpc) is 2.56. The van der Waals surface area contributed by atoms with Crippen molar-refractivity contribution in [3.05, 3.63) is 30.3 Å². The van der Waals surface area contributed by atoms with Gasteiger partial charge >= 0.3 is 0 Å². The number of rotatable bonds is 3. The zero-order valence-corrected chi connectivity index (χ0v) is 15.1. The molecule has 1 aromatic rings. The van der Waals surface area contributed by atoms with Crippen LogP contribution in [0, 0.1) is 5.92 Å². The third-order valence-electron chi connectivity index (χ3n) is 3.73. The van der Waals surface area contributed by atoms with E-state index in [-0.39, 0.29) is 12.0 Å². The molecule has 2 atom stereocenters. The molecule has 0 aliphatic heterocycles. The molecule has 3 heteroatoms. The number of carbonyl (C=O) groups excluding carboxylic acids is 1. The third kappa shape index (κ3) is 6.18. The number of anilines is 1. The van der Waals surface area contributed by atoms with Crippen molar-refractivity contribution in [2.24, 2.45) is 5.92 Å². The van der Waals surface area contributed by atoms with Crippen LogP contribution in [0.2, 0.25) is 0 Å². The van der Waals surface area contributed by atoms with Crippen molar-refractivity contribution in [3.63, 3.8) is 0 Å². The first-order valence-corrected chi connectivity index (χ1v) is 8.41. The van der Waals surface area contributed by atoms with Gasteiger partial charge in [-0.15, -0.1) is 0 Å². The molecule has 1 aliphatic rings. The maximum Gasteiger partial charge on any atom is 0.158 e. The van der Waals surface area contributed by atoms with Gasteiger partial charge in [-0.1, -0.05) is 45.4 Å². The summed E-state index contributed by atoms with van der Waals surface area (Å²) in [6.45, 7) is 9.08. The van der Waals surface area contributed by atoms with Crippen LogP contribution in [0.25, 0.3) is 0 Å². The zero-order valence-electron chi connectivity index (χ0n) is 15.1. The van der Waals surface area contributed by atoms with Crippen LogP contribution in [0.3, 0.4) is 0 Å². The number of likely N-dealkylation sites (N-methyl/N-ethyl adjacent to an activating group) is 1. The van der Waals surface area contributed by atoms with Gasteiger partial charge in [0, 0.05) is 32.4 Å². The molecule has 1 fully saturated rings. The standard InChI is InChI=1S/C15H21NO.C2H6O.C2H6/c1-3-16(13-9-5-4-6-10-13)14-11-7-8-12(2)15(14)17;1-3-2;1-2/h4-6,9-10,12,14H,3,7-8,11H2,1-2H3;1-2H3;1-2H3. The van der Waals surface area contributed by atoms with Crippen LogP contribution in [0.15, 0.2) is 30.3 Å². The minimum Gasteiger partial charge on any atom is -0.388 e. The fourth-order valence-corrected chi connectivity index (χ4v) is 2.74. The number of nitrogens with zero attached hydrogens (tertiary/aromatic N) is 1. The molecule has 0 heterocycles. The summed E-state index contributed by atoms with van der Waals surface area (Å²) in [7, 11) is 3.25. The van der Waals surface area contributed by atoms with E-state index in [1.165, 1.54) is 12.1 Å². The van der Waals surface area contributed by atoms with E-state index < -0.39 is 0 Å². The maximum absolute atomic E-state index is 12.3. The number of methoxy groups -OCH3 is 1. The third-order valence-corrected chi connectivity index (χ3v) is 3.73. The van der Waals surface area contributed by atoms with Crippen molar-refractivity contribution in [2.45, 2.75) is 53.0 Å². The summed E-state index contributed by atoms with van der Waals surface area (Å²) in [5.41, 5.74) is 1.17. The summed E-state index contributed by atoms with van der Waals surface area (Å²) < 4.78 is 4.25. The van der Waals surface area contributed by atoms with Crippen molar-refractivity contribution < 1.29 is 9.53 Å². The molecule has 0 amide bonds. The van der Waals surface area contributed by atoms with Crippen LogP contribution in [-0.2, 0) is 9.53 Å². The number of Topliss-reactive ketones (excluding diaryl/α,β-unsaturated/α-hetero) is 1. The molecule has 0 saturated heterocycles. The molecule has 1 saturated carbocycles. The number of benzene rings is 1. The van der Waals surface area contributed by atoms with Gasteiger partial charge in [0.05, 0.1) is 6.04 Å². The van der Waals surface area contributed by atoms with Crippen molar-refractivity contribution in [3.8, 4) is 0 Å². The van der Waals surface area contributed by atoms with E-state index >= 15 is 0 Å². The number of ether oxygens (including phenoxy) is 1. The van der Waals surface area contributed by atoms with Crippen LogP contribution < -0.4 is 4.90 Å². The number of carbonyl (C=O) groups is 1. The molecule has 0 aromatic heterocycles. The Labute approximate surface area is 136 Å². The monoisotopic (exact) mass is 307 g/mol. The van der Waals surface area contributed by atoms with E-state index in [0.29, 0.717) is 5.78 Å². The Kier molecular flexibility index (Phi) is 11.5. The molecule has 0 radical (unpaired) electrons. The number of hydrogen-bond acceptors (Lipinski definition) is 3. The smallest absolute Gasteiger partial charge is 0.158 e. The first-order valence-electron chi connectivity index (χ1n) is 8.41. The molecule has 3 nitrogen and oxygen atoms in total. The Hall–Kier alpha value is -1.35. The van der Waals surface area contributed by atoms with Gasteiger partial charge in [-0.3, -0.25) is 4.79 Å². The van der Waals surface area contributed by atoms with Crippen molar-refractivity contribution >= 4 is 11.5 Å². The van der Waals surface area contributed by atoms with Gasteiger partial charge in [0.15, 0.2) is 5.78 Å². The molecule has 0 bridgehead atoms. The Morgan fingerprint density at radius 1 is 1.14 bits per heavy atom. The number of para-hydroxylation sites is 1. The fourth-order valence-electron chi connectivity index (χ4n) is 2.74. The van der Waals surface area contributed by atoms with Gasteiger partial charge in [0.25, 0.3) is 0 Å². The normalized spacial score (nSPS) is 20.2. The molecule has 1 aromatic carbocycles. The predicted molar refractivity (Wildman–Crippen MR) is 95.6 cm³/mol. The number of hydrogen-bond donors (Lipinski definition) is 0. The van der Waals surface area contributed by atoms with E-state index in [1.807, 2.05) is 32.0 Å². The Morgan fingerprint density at radius 2 is 1.68 bits per heavy atom. The van der Waals surface area contributed by atoms with E-state index in [9.17, 15) is 4.79 Å². The van der Waals surface area contributed by atoms with Gasteiger partial charge in [-0.05, 0) is 31.9 Å². The first-order chi connectivity index (χ1) is 10.7. The van der Waals surface area contributed by atoms with E-state index in [2.05, 4.69) is 35.6 Å². The van der Waals surface area contributed by atoms with Gasteiger partial charge in [0.2, 0.25) is 0 Å². The first kappa shape index (κ1) is 20.6. The predicted octanol–water partition coefficient (Wildman–Crippen LogP) is 4.56. The quantitative estimate of drug-likeness (QED) is 0.820. The molecule has 0 spiro atoms. The van der Waals surface area contributed by atoms with Crippen LogP contribution in [0.5, 0.6) is 0 Å². The molecule has 2 unspecified atom stereocenters. The second-order valence-electron chi connectivity index (χ2n) is 5.28. The van der Waals surface area contributed by atoms with Crippen LogP contribution >= 0.6 is 0 Å². The highest BCUT2D eigenvalue weighted by atomic mass is 16.4. The molecule has 126 valence electrons. The van der Waals surface area contributed by atoms with Crippen LogP contribution in [0.4, 0.5) is 5.69 Å². The summed E-state index contributed by atoms with van der Waals surface area (Å²) in [5, 5.41) is 0. The highest BCUT2D eigenvalue weighted by molar-refractivity contribution is 5.89. The summed E-state index contributed by atoms with van der Waals surface area (Å²) >= 11 is 0. The Morgan fingerprint density at radius 3 is 2.18 bits per heavy atom. The van der Waals surface area contributed by atoms with Gasteiger partial charge in [-0.25, -0.2) is 0 Å². The lowest BCUT2D eigenvalue weighted by Gasteiger charge is -2.36. The second-order valence-corrected chi connectivity index (χ2v) is 5.28. The molecular weight excluding hydrogens is 274 g/mol. The lowest BCUT2D eigenvalue weighted by atomic mass is 9.84. The molecule has 0 N–H and O–H groups in total. The maximum atomic E-state index is 12.3. The summed E-state index contributed by atoms with van der Waals surface area (Å²) in [4.78, 5) is 14.5. The molecule has 1 aliphatic carbocycles. The second kappa shape index (κ2) is 12.2. The van der Waals surface area contributed by atoms with Crippen molar-refractivity contribution in [1.29, 1.82) is 0 Å². The topological polar surface area (TPSA) is 29.5 Å². The SMILES string of the molecule is CC.CCN(c1ccccc1)C1CCCC(C)C1=O.COC. The Balaban J connectivity index is 0.000000789. The van der Waals surface area contributed by atoms with E-state index in [1.54, 1.807) is 14.2 Å². The van der Waals surface area contributed by atoms with E-state index in [4.69, 9.17) is 0 Å². The number of ketones is 1.